The van der Waals surface area contributed by atoms with Crippen molar-refractivity contribution in [2.75, 3.05) is 19.8 Å². The maximum absolute atomic E-state index is 11.7. The van der Waals surface area contributed by atoms with Crippen LogP contribution in [0.2, 0.25) is 0 Å². The first-order valence-electron chi connectivity index (χ1n) is 11.7. The third-order valence-electron chi connectivity index (χ3n) is 5.10. The van der Waals surface area contributed by atoms with Gasteiger partial charge in [-0.25, -0.2) is 0 Å². The van der Waals surface area contributed by atoms with E-state index in [1.165, 1.54) is 64.2 Å². The monoisotopic (exact) mass is 386 g/mol. The highest BCUT2D eigenvalue weighted by atomic mass is 16.5. The molecule has 27 heavy (non-hydrogen) atoms. The summed E-state index contributed by atoms with van der Waals surface area (Å²) in [6.07, 6.45) is 21.6. The third-order valence-corrected chi connectivity index (χ3v) is 5.10. The van der Waals surface area contributed by atoms with Gasteiger partial charge in [0.05, 0.1) is 6.61 Å². The lowest BCUT2D eigenvalue weighted by atomic mass is 10.1. The zero-order valence-corrected chi connectivity index (χ0v) is 17.8. The van der Waals surface area contributed by atoms with Gasteiger partial charge in [0.2, 0.25) is 0 Å². The summed E-state index contributed by atoms with van der Waals surface area (Å²) < 4.78 is 5.31. The first-order valence-corrected chi connectivity index (χ1v) is 11.7. The second kappa shape index (κ2) is 23.4. The van der Waals surface area contributed by atoms with Gasteiger partial charge in [-0.1, -0.05) is 89.9 Å². The van der Waals surface area contributed by atoms with Crippen molar-refractivity contribution in [2.24, 2.45) is 0 Å². The van der Waals surface area contributed by atoms with Crippen LogP contribution in [0.25, 0.3) is 0 Å². The summed E-state index contributed by atoms with van der Waals surface area (Å²) in [5.41, 5.74) is 0. The van der Waals surface area contributed by atoms with E-state index in [1.54, 1.807) is 0 Å². The minimum Gasteiger partial charge on any atom is -0.466 e. The number of rotatable bonds is 22. The van der Waals surface area contributed by atoms with Gasteiger partial charge in [-0.05, 0) is 25.7 Å². The van der Waals surface area contributed by atoms with Crippen molar-refractivity contribution in [3.8, 4) is 0 Å². The molecule has 0 aromatic rings. The zero-order valence-electron chi connectivity index (χ0n) is 17.8. The lowest BCUT2D eigenvalue weighted by Crippen LogP contribution is -2.05. The van der Waals surface area contributed by atoms with Crippen LogP contribution < -0.4 is 0 Å². The van der Waals surface area contributed by atoms with E-state index < -0.39 is 0 Å². The van der Waals surface area contributed by atoms with Crippen molar-refractivity contribution < 1.29 is 19.7 Å². The zero-order chi connectivity index (χ0) is 19.8. The summed E-state index contributed by atoms with van der Waals surface area (Å²) >= 11 is 0. The molecule has 0 bridgehead atoms. The second-order valence-electron chi connectivity index (χ2n) is 7.78. The van der Waals surface area contributed by atoms with E-state index in [0.717, 1.165) is 51.4 Å². The third kappa shape index (κ3) is 23.4. The molecule has 0 atom stereocenters. The molecule has 4 heteroatoms. The van der Waals surface area contributed by atoms with Crippen LogP contribution in [0.15, 0.2) is 0 Å². The second-order valence-corrected chi connectivity index (χ2v) is 7.78. The van der Waals surface area contributed by atoms with E-state index >= 15 is 0 Å². The summed E-state index contributed by atoms with van der Waals surface area (Å²) in [5, 5.41) is 17.4. The Labute approximate surface area is 168 Å². The van der Waals surface area contributed by atoms with Gasteiger partial charge in [-0.2, -0.15) is 0 Å². The predicted molar refractivity (Wildman–Crippen MR) is 113 cm³/mol. The molecule has 0 aromatic heterocycles. The fraction of sp³-hybridized carbons (Fsp3) is 0.957. The molecule has 0 aliphatic carbocycles. The average Bonchev–Trinajstić information content (AvgIpc) is 2.67. The average molecular weight is 387 g/mol. The molecule has 4 nitrogen and oxygen atoms in total. The van der Waals surface area contributed by atoms with Crippen molar-refractivity contribution in [1.29, 1.82) is 0 Å². The molecule has 0 unspecified atom stereocenters. The Kier molecular flexibility index (Phi) is 22.9. The summed E-state index contributed by atoms with van der Waals surface area (Å²) in [4.78, 5) is 11.7. The van der Waals surface area contributed by atoms with Crippen molar-refractivity contribution in [3.05, 3.63) is 0 Å². The van der Waals surface area contributed by atoms with Gasteiger partial charge in [0.1, 0.15) is 0 Å². The molecule has 0 aromatic carbocycles. The Morgan fingerprint density at radius 3 is 1.22 bits per heavy atom. The highest BCUT2D eigenvalue weighted by molar-refractivity contribution is 5.69. The first-order chi connectivity index (χ1) is 13.3. The highest BCUT2D eigenvalue weighted by Gasteiger charge is 2.02. The van der Waals surface area contributed by atoms with Gasteiger partial charge in [0.15, 0.2) is 0 Å². The molecule has 0 saturated carbocycles. The van der Waals surface area contributed by atoms with E-state index in [4.69, 9.17) is 14.9 Å². The van der Waals surface area contributed by atoms with Crippen LogP contribution in [0, 0.1) is 0 Å². The molecular formula is C23H46O4. The van der Waals surface area contributed by atoms with Crippen LogP contribution >= 0.6 is 0 Å². The summed E-state index contributed by atoms with van der Waals surface area (Å²) in [5.74, 6) is -0.0270. The van der Waals surface area contributed by atoms with Crippen LogP contribution in [-0.4, -0.2) is 36.0 Å². The first kappa shape index (κ1) is 26.4. The van der Waals surface area contributed by atoms with Gasteiger partial charge >= 0.3 is 5.97 Å². The van der Waals surface area contributed by atoms with E-state index in [0.29, 0.717) is 26.2 Å². The topological polar surface area (TPSA) is 66.8 Å². The van der Waals surface area contributed by atoms with Crippen LogP contribution in [0.4, 0.5) is 0 Å². The van der Waals surface area contributed by atoms with E-state index in [-0.39, 0.29) is 5.97 Å². The number of aliphatic hydroxyl groups is 2. The van der Waals surface area contributed by atoms with Crippen molar-refractivity contribution in [2.45, 2.75) is 122 Å². The minimum atomic E-state index is -0.0270. The number of carbonyl (C=O) groups is 1. The molecule has 162 valence electrons. The fourth-order valence-electron chi connectivity index (χ4n) is 3.33. The standard InChI is InChI=1S/C23H46O4/c24-20-16-12-8-4-1-2-6-10-14-18-22-27-23(26)19-15-11-7-3-5-9-13-17-21-25/h24-25H,1-22H2. The SMILES string of the molecule is O=C(CCCCCCCCCCO)OCCCCCCCCCCCCO. The Bertz CT molecular complexity index is 294. The lowest BCUT2D eigenvalue weighted by molar-refractivity contribution is -0.143. The van der Waals surface area contributed by atoms with Crippen LogP contribution in [-0.2, 0) is 9.53 Å². The normalized spacial score (nSPS) is 11.0. The largest absolute Gasteiger partial charge is 0.466 e. The maximum Gasteiger partial charge on any atom is 0.305 e. The molecule has 0 fully saturated rings. The minimum absolute atomic E-state index is 0.0270. The summed E-state index contributed by atoms with van der Waals surface area (Å²) in [7, 11) is 0. The van der Waals surface area contributed by atoms with E-state index in [9.17, 15) is 4.79 Å². The van der Waals surface area contributed by atoms with Gasteiger partial charge in [-0.3, -0.25) is 4.79 Å². The van der Waals surface area contributed by atoms with Gasteiger partial charge < -0.3 is 14.9 Å². The smallest absolute Gasteiger partial charge is 0.305 e. The molecule has 2 N–H and O–H groups in total. The lowest BCUT2D eigenvalue weighted by Gasteiger charge is -2.05. The number of carbonyl (C=O) groups excluding carboxylic acids is 1. The molecule has 0 heterocycles. The molecule has 0 saturated heterocycles. The van der Waals surface area contributed by atoms with Crippen LogP contribution in [0.5, 0.6) is 0 Å². The molecule has 0 radical (unpaired) electrons. The van der Waals surface area contributed by atoms with E-state index in [1.807, 2.05) is 0 Å². The Morgan fingerprint density at radius 1 is 0.481 bits per heavy atom. The highest BCUT2D eigenvalue weighted by Crippen LogP contribution is 2.12. The number of ether oxygens (including phenoxy) is 1. The number of hydrogen-bond donors (Lipinski definition) is 2. The van der Waals surface area contributed by atoms with Crippen LogP contribution in [0.3, 0.4) is 0 Å². The fourth-order valence-corrected chi connectivity index (χ4v) is 3.33. The molecule has 0 aliphatic rings. The van der Waals surface area contributed by atoms with Crippen LogP contribution in [0.1, 0.15) is 122 Å². The summed E-state index contributed by atoms with van der Waals surface area (Å²) in [6.45, 7) is 1.23. The molecule has 0 spiro atoms. The predicted octanol–water partition coefficient (Wildman–Crippen LogP) is 5.93. The van der Waals surface area contributed by atoms with Gasteiger partial charge in [0, 0.05) is 19.6 Å². The Balaban J connectivity index is 3.13. The molecule has 0 aliphatic heterocycles. The quantitative estimate of drug-likeness (QED) is 0.179. The van der Waals surface area contributed by atoms with Crippen molar-refractivity contribution in [1.82, 2.24) is 0 Å². The van der Waals surface area contributed by atoms with E-state index in [2.05, 4.69) is 0 Å². The van der Waals surface area contributed by atoms with Gasteiger partial charge in [0.25, 0.3) is 0 Å². The Hall–Kier alpha value is -0.610. The molecule has 0 amide bonds. The van der Waals surface area contributed by atoms with Gasteiger partial charge in [-0.15, -0.1) is 0 Å². The number of aliphatic hydroxyl groups excluding tert-OH is 2. The number of hydrogen-bond acceptors (Lipinski definition) is 4. The number of esters is 1. The molecular weight excluding hydrogens is 340 g/mol. The Morgan fingerprint density at radius 2 is 0.815 bits per heavy atom. The van der Waals surface area contributed by atoms with Crippen molar-refractivity contribution >= 4 is 5.97 Å². The van der Waals surface area contributed by atoms with Crippen molar-refractivity contribution in [3.63, 3.8) is 0 Å². The summed E-state index contributed by atoms with van der Waals surface area (Å²) in [6, 6.07) is 0. The molecule has 0 rings (SSSR count). The number of unbranched alkanes of at least 4 members (excludes halogenated alkanes) is 16. The maximum atomic E-state index is 11.7.